The summed E-state index contributed by atoms with van der Waals surface area (Å²) < 4.78 is 28.4. The molecule has 0 atom stereocenters. The van der Waals surface area contributed by atoms with E-state index in [2.05, 4.69) is 15.6 Å². The number of nitrogen functional groups attached to an aromatic ring is 1. The van der Waals surface area contributed by atoms with E-state index in [1.807, 2.05) is 31.2 Å². The van der Waals surface area contributed by atoms with Gasteiger partial charge in [0.25, 0.3) is 0 Å². The Morgan fingerprint density at radius 1 is 1.03 bits per heavy atom. The summed E-state index contributed by atoms with van der Waals surface area (Å²) in [7, 11) is 0. The highest BCUT2D eigenvalue weighted by molar-refractivity contribution is 6.33. The summed E-state index contributed by atoms with van der Waals surface area (Å²) in [6.07, 6.45) is 0. The van der Waals surface area contributed by atoms with Crippen molar-refractivity contribution in [2.75, 3.05) is 22.9 Å². The fraction of sp³-hybridized carbons (Fsp3) is 0.0833. The molecule has 0 bridgehead atoms. The molecule has 3 aromatic carbocycles. The van der Waals surface area contributed by atoms with Crippen molar-refractivity contribution in [3.63, 3.8) is 0 Å². The quantitative estimate of drug-likeness (QED) is 0.330. The van der Waals surface area contributed by atoms with Crippen molar-refractivity contribution < 1.29 is 8.78 Å². The van der Waals surface area contributed by atoms with Crippen LogP contribution in [0.25, 0.3) is 28.0 Å². The summed E-state index contributed by atoms with van der Waals surface area (Å²) in [6, 6.07) is 14.8. The fourth-order valence-corrected chi connectivity index (χ4v) is 4.06. The van der Waals surface area contributed by atoms with Gasteiger partial charge in [-0.3, -0.25) is 0 Å². The van der Waals surface area contributed by atoms with Crippen molar-refractivity contribution in [2.24, 2.45) is 0 Å². The summed E-state index contributed by atoms with van der Waals surface area (Å²) in [6.45, 7) is 2.31. The van der Waals surface area contributed by atoms with Crippen LogP contribution in [-0.4, -0.2) is 16.5 Å². The van der Waals surface area contributed by atoms with E-state index >= 15 is 0 Å². The van der Waals surface area contributed by atoms with Crippen LogP contribution in [0.2, 0.25) is 5.02 Å². The standard InChI is InChI=1S/C24H18ClF2N5/c1-12-11-29-22-17(8-13(26)9-19(22)27)21(12)31-24-16-4-2-3-5-20(16)30-23(32-24)15-7-6-14(28)10-18(15)25/h2-10,29H,11,28H2,1H3,(H,30,31,32). The lowest BCUT2D eigenvalue weighted by Crippen LogP contribution is -2.18. The van der Waals surface area contributed by atoms with E-state index < -0.39 is 11.6 Å². The molecule has 1 aliphatic heterocycles. The lowest BCUT2D eigenvalue weighted by molar-refractivity contribution is 0.584. The number of fused-ring (bicyclic) bond motifs is 2. The summed E-state index contributed by atoms with van der Waals surface area (Å²) in [5, 5.41) is 7.51. The minimum absolute atomic E-state index is 0.250. The molecule has 4 aromatic rings. The van der Waals surface area contributed by atoms with Gasteiger partial charge in [0.05, 0.1) is 16.2 Å². The first kappa shape index (κ1) is 20.2. The molecule has 4 N–H and O–H groups in total. The summed E-state index contributed by atoms with van der Waals surface area (Å²) in [5.74, 6) is -0.382. The summed E-state index contributed by atoms with van der Waals surface area (Å²) in [5.41, 5.74) is 9.82. The lowest BCUT2D eigenvalue weighted by Gasteiger charge is -2.25. The van der Waals surface area contributed by atoms with Crippen molar-refractivity contribution in [3.8, 4) is 11.4 Å². The first-order valence-corrected chi connectivity index (χ1v) is 10.3. The number of hydrogen-bond acceptors (Lipinski definition) is 5. The molecule has 5 nitrogen and oxygen atoms in total. The molecule has 32 heavy (non-hydrogen) atoms. The Kier molecular flexibility index (Phi) is 4.90. The zero-order chi connectivity index (χ0) is 22.4. The highest BCUT2D eigenvalue weighted by Gasteiger charge is 2.22. The van der Waals surface area contributed by atoms with Gasteiger partial charge in [0.1, 0.15) is 17.5 Å². The molecule has 0 radical (unpaired) electrons. The van der Waals surface area contributed by atoms with Crippen molar-refractivity contribution in [1.29, 1.82) is 0 Å². The first-order chi connectivity index (χ1) is 15.4. The first-order valence-electron chi connectivity index (χ1n) is 9.93. The smallest absolute Gasteiger partial charge is 0.163 e. The Balaban J connectivity index is 1.68. The van der Waals surface area contributed by atoms with Crippen LogP contribution < -0.4 is 16.4 Å². The summed E-state index contributed by atoms with van der Waals surface area (Å²) >= 11 is 6.40. The van der Waals surface area contributed by atoms with E-state index in [1.54, 1.807) is 18.2 Å². The van der Waals surface area contributed by atoms with Gasteiger partial charge in [-0.1, -0.05) is 23.7 Å². The van der Waals surface area contributed by atoms with Crippen LogP contribution in [-0.2, 0) is 0 Å². The van der Waals surface area contributed by atoms with E-state index in [4.69, 9.17) is 22.3 Å². The van der Waals surface area contributed by atoms with Crippen LogP contribution in [0.1, 0.15) is 12.5 Å². The maximum atomic E-state index is 14.4. The van der Waals surface area contributed by atoms with Crippen molar-refractivity contribution in [1.82, 2.24) is 9.97 Å². The van der Waals surface area contributed by atoms with Crippen LogP contribution in [0.3, 0.4) is 0 Å². The molecular weight excluding hydrogens is 432 g/mol. The molecule has 160 valence electrons. The zero-order valence-corrected chi connectivity index (χ0v) is 17.8. The molecule has 0 unspecified atom stereocenters. The third kappa shape index (κ3) is 3.50. The van der Waals surface area contributed by atoms with E-state index in [9.17, 15) is 8.78 Å². The molecule has 0 spiro atoms. The van der Waals surface area contributed by atoms with Gasteiger partial charge in [-0.25, -0.2) is 18.7 Å². The van der Waals surface area contributed by atoms with Crippen LogP contribution in [0.4, 0.5) is 26.0 Å². The van der Waals surface area contributed by atoms with Gasteiger partial charge >= 0.3 is 0 Å². The highest BCUT2D eigenvalue weighted by atomic mass is 35.5. The number of halogens is 3. The zero-order valence-electron chi connectivity index (χ0n) is 17.0. The monoisotopic (exact) mass is 449 g/mol. The molecule has 5 rings (SSSR count). The number of anilines is 3. The number of hydrogen-bond donors (Lipinski definition) is 3. The summed E-state index contributed by atoms with van der Waals surface area (Å²) in [4.78, 5) is 9.37. The number of aromatic nitrogens is 2. The van der Waals surface area contributed by atoms with Crippen molar-refractivity contribution in [2.45, 2.75) is 6.92 Å². The average molecular weight is 450 g/mol. The van der Waals surface area contributed by atoms with Crippen molar-refractivity contribution >= 4 is 45.4 Å². The Morgan fingerprint density at radius 3 is 2.66 bits per heavy atom. The van der Waals surface area contributed by atoms with Crippen LogP contribution in [0.15, 0.2) is 60.2 Å². The number of rotatable bonds is 3. The molecule has 0 amide bonds. The average Bonchev–Trinajstić information content (AvgIpc) is 2.75. The predicted octanol–water partition coefficient (Wildman–Crippen LogP) is 6.08. The molecule has 1 aromatic heterocycles. The second kappa shape index (κ2) is 7.76. The molecule has 0 saturated heterocycles. The van der Waals surface area contributed by atoms with Gasteiger partial charge in [0.2, 0.25) is 0 Å². The van der Waals surface area contributed by atoms with Gasteiger partial charge in [-0.15, -0.1) is 0 Å². The topological polar surface area (TPSA) is 75.9 Å². The molecular formula is C24H18ClF2N5. The van der Waals surface area contributed by atoms with E-state index in [1.165, 1.54) is 6.07 Å². The predicted molar refractivity (Wildman–Crippen MR) is 125 cm³/mol. The SMILES string of the molecule is CC1=C(Nc2nc(-c3ccc(N)cc3Cl)nc3ccccc23)c2cc(F)cc(F)c2NC1. The van der Waals surface area contributed by atoms with E-state index in [-0.39, 0.29) is 5.69 Å². The van der Waals surface area contributed by atoms with Gasteiger partial charge in [-0.05, 0) is 48.9 Å². The minimum Gasteiger partial charge on any atom is -0.399 e. The Morgan fingerprint density at radius 2 is 1.84 bits per heavy atom. The van der Waals surface area contributed by atoms with Crippen molar-refractivity contribution in [3.05, 3.63) is 82.4 Å². The number of benzene rings is 3. The number of nitrogens with two attached hydrogens (primary N) is 1. The minimum atomic E-state index is -0.654. The lowest BCUT2D eigenvalue weighted by atomic mass is 10.00. The highest BCUT2D eigenvalue weighted by Crippen LogP contribution is 2.36. The Hall–Kier alpha value is -3.71. The normalized spacial score (nSPS) is 13.1. The second-order valence-corrected chi connectivity index (χ2v) is 8.00. The van der Waals surface area contributed by atoms with Gasteiger partial charge in [-0.2, -0.15) is 0 Å². The maximum Gasteiger partial charge on any atom is 0.163 e. The third-order valence-electron chi connectivity index (χ3n) is 5.36. The fourth-order valence-electron chi connectivity index (χ4n) is 3.79. The number of para-hydroxylation sites is 1. The largest absolute Gasteiger partial charge is 0.399 e. The van der Waals surface area contributed by atoms with Crippen LogP contribution in [0.5, 0.6) is 0 Å². The molecule has 0 fully saturated rings. The number of nitrogens with zero attached hydrogens (tertiary/aromatic N) is 2. The molecule has 0 aliphatic carbocycles. The van der Waals surface area contributed by atoms with E-state index in [0.717, 1.165) is 17.0 Å². The Labute approximate surface area is 188 Å². The second-order valence-electron chi connectivity index (χ2n) is 7.60. The van der Waals surface area contributed by atoms with Crippen LogP contribution in [0, 0.1) is 11.6 Å². The van der Waals surface area contributed by atoms with Gasteiger partial charge in [0.15, 0.2) is 5.82 Å². The molecule has 0 saturated carbocycles. The van der Waals surface area contributed by atoms with Gasteiger partial charge < -0.3 is 16.4 Å². The maximum absolute atomic E-state index is 14.4. The number of nitrogens with one attached hydrogen (secondary N) is 2. The molecule has 2 heterocycles. The Bertz CT molecular complexity index is 1420. The van der Waals surface area contributed by atoms with E-state index in [0.29, 0.717) is 51.2 Å². The van der Waals surface area contributed by atoms with Crippen LogP contribution >= 0.6 is 11.6 Å². The third-order valence-corrected chi connectivity index (χ3v) is 5.67. The van der Waals surface area contributed by atoms with Gasteiger partial charge in [0, 0.05) is 40.5 Å². The molecule has 1 aliphatic rings. The molecule has 8 heteroatoms.